The lowest BCUT2D eigenvalue weighted by Crippen LogP contribution is -2.44. The van der Waals surface area contributed by atoms with Crippen molar-refractivity contribution >= 4 is 11.9 Å². The van der Waals surface area contributed by atoms with E-state index in [2.05, 4.69) is 0 Å². The number of ether oxygens (including phenoxy) is 1. The minimum atomic E-state index is -0.946. The summed E-state index contributed by atoms with van der Waals surface area (Å²) in [5.41, 5.74) is 0.898. The van der Waals surface area contributed by atoms with Crippen LogP contribution < -0.4 is 0 Å². The second kappa shape index (κ2) is 6.26. The van der Waals surface area contributed by atoms with Gasteiger partial charge in [0.1, 0.15) is 0 Å². The van der Waals surface area contributed by atoms with Gasteiger partial charge in [-0.05, 0) is 37.0 Å². The Morgan fingerprint density at radius 2 is 1.90 bits per heavy atom. The van der Waals surface area contributed by atoms with Crippen molar-refractivity contribution in [2.24, 2.45) is 0 Å². The molecule has 0 unspecified atom stereocenters. The van der Waals surface area contributed by atoms with Crippen molar-refractivity contribution in [1.29, 1.82) is 0 Å². The molecule has 2 rings (SSSR count). The molecule has 5 nitrogen and oxygen atoms in total. The molecule has 0 spiro atoms. The average molecular weight is 291 g/mol. The van der Waals surface area contributed by atoms with E-state index in [9.17, 15) is 9.59 Å². The van der Waals surface area contributed by atoms with Gasteiger partial charge in [-0.2, -0.15) is 0 Å². The second-order valence-corrected chi connectivity index (χ2v) is 5.67. The predicted octanol–water partition coefficient (Wildman–Crippen LogP) is 2.30. The number of carbonyl (C=O) groups excluding carboxylic acids is 1. The fourth-order valence-electron chi connectivity index (χ4n) is 2.55. The smallest absolute Gasteiger partial charge is 0.335 e. The van der Waals surface area contributed by atoms with Crippen molar-refractivity contribution in [2.45, 2.75) is 37.8 Å². The van der Waals surface area contributed by atoms with Crippen LogP contribution in [0.4, 0.5) is 0 Å². The molecule has 0 atom stereocenters. The Bertz CT molecular complexity index is 514. The van der Waals surface area contributed by atoms with E-state index in [4.69, 9.17) is 9.84 Å². The number of nitrogens with zero attached hydrogens (tertiary/aromatic N) is 1. The van der Waals surface area contributed by atoms with Gasteiger partial charge < -0.3 is 14.7 Å². The van der Waals surface area contributed by atoms with Crippen LogP contribution in [0, 0.1) is 0 Å². The van der Waals surface area contributed by atoms with Gasteiger partial charge in [0.15, 0.2) is 0 Å². The van der Waals surface area contributed by atoms with Crippen LogP contribution in [-0.4, -0.2) is 41.6 Å². The first-order valence-corrected chi connectivity index (χ1v) is 7.07. The Balaban J connectivity index is 1.92. The number of aromatic carboxylic acids is 1. The van der Waals surface area contributed by atoms with Gasteiger partial charge in [0.05, 0.1) is 17.6 Å². The lowest BCUT2D eigenvalue weighted by atomic mass is 9.77. The Morgan fingerprint density at radius 1 is 1.29 bits per heavy atom. The Kier molecular flexibility index (Phi) is 4.63. The first kappa shape index (κ1) is 15.5. The molecule has 1 N–H and O–H groups in total. The van der Waals surface area contributed by atoms with Crippen molar-refractivity contribution in [3.8, 4) is 0 Å². The first-order chi connectivity index (χ1) is 9.96. The van der Waals surface area contributed by atoms with Gasteiger partial charge in [-0.15, -0.1) is 0 Å². The number of hydrogen-bond acceptors (Lipinski definition) is 3. The monoisotopic (exact) mass is 291 g/mol. The molecule has 1 aromatic carbocycles. The van der Waals surface area contributed by atoms with Crippen LogP contribution in [0.2, 0.25) is 0 Å². The zero-order valence-electron chi connectivity index (χ0n) is 12.5. The minimum absolute atomic E-state index is 0.0545. The van der Waals surface area contributed by atoms with Crippen LogP contribution in [0.15, 0.2) is 24.3 Å². The summed E-state index contributed by atoms with van der Waals surface area (Å²) in [6, 6.07) is 6.59. The fourth-order valence-corrected chi connectivity index (χ4v) is 2.55. The van der Waals surface area contributed by atoms with E-state index in [1.807, 2.05) is 0 Å². The molecule has 0 aromatic heterocycles. The van der Waals surface area contributed by atoms with Gasteiger partial charge in [-0.1, -0.05) is 12.1 Å². The molecule has 21 heavy (non-hydrogen) atoms. The van der Waals surface area contributed by atoms with E-state index in [-0.39, 0.29) is 17.1 Å². The largest absolute Gasteiger partial charge is 0.478 e. The molecule has 0 bridgehead atoms. The maximum Gasteiger partial charge on any atom is 0.335 e. The van der Waals surface area contributed by atoms with Gasteiger partial charge in [-0.3, -0.25) is 4.79 Å². The van der Waals surface area contributed by atoms with Crippen LogP contribution in [0.25, 0.3) is 0 Å². The summed E-state index contributed by atoms with van der Waals surface area (Å²) in [6.45, 7) is 0.471. The molecule has 0 radical (unpaired) electrons. The lowest BCUT2D eigenvalue weighted by Gasteiger charge is -2.40. The van der Waals surface area contributed by atoms with E-state index in [0.29, 0.717) is 13.0 Å². The van der Waals surface area contributed by atoms with Gasteiger partial charge in [-0.25, -0.2) is 4.79 Å². The summed E-state index contributed by atoms with van der Waals surface area (Å²) in [6.07, 6.45) is 3.40. The van der Waals surface area contributed by atoms with Crippen LogP contribution >= 0.6 is 0 Å². The highest BCUT2D eigenvalue weighted by molar-refractivity contribution is 5.87. The Hall–Kier alpha value is -1.88. The second-order valence-electron chi connectivity index (χ2n) is 5.67. The number of carboxylic acids is 1. The number of methoxy groups -OCH3 is 1. The molecule has 1 saturated carbocycles. The lowest BCUT2D eigenvalue weighted by molar-refractivity contribution is -0.143. The molecule has 1 amide bonds. The molecule has 1 aliphatic carbocycles. The number of carbonyl (C=O) groups is 2. The number of amides is 1. The summed E-state index contributed by atoms with van der Waals surface area (Å²) in [4.78, 5) is 24.7. The molecule has 0 saturated heterocycles. The molecule has 0 aliphatic heterocycles. The van der Waals surface area contributed by atoms with Crippen LogP contribution in [0.1, 0.15) is 41.6 Å². The maximum absolute atomic E-state index is 12.2. The predicted molar refractivity (Wildman–Crippen MR) is 78.1 cm³/mol. The number of rotatable bonds is 6. The third-order valence-corrected chi connectivity index (χ3v) is 4.22. The summed E-state index contributed by atoms with van der Waals surface area (Å²) in [5.74, 6) is -0.892. The van der Waals surface area contributed by atoms with Crippen LogP contribution in [0.5, 0.6) is 0 Å². The van der Waals surface area contributed by atoms with Gasteiger partial charge in [0.2, 0.25) is 5.91 Å². The van der Waals surface area contributed by atoms with E-state index in [1.54, 1.807) is 43.3 Å². The summed E-state index contributed by atoms with van der Waals surface area (Å²) in [5, 5.41) is 8.86. The van der Waals surface area contributed by atoms with E-state index < -0.39 is 5.97 Å². The van der Waals surface area contributed by atoms with Crippen molar-refractivity contribution in [3.63, 3.8) is 0 Å². The molecule has 1 aromatic rings. The van der Waals surface area contributed by atoms with Crippen molar-refractivity contribution < 1.29 is 19.4 Å². The number of carboxylic acid groups (broad SMARTS) is 1. The molecule has 0 heterocycles. The van der Waals surface area contributed by atoms with Gasteiger partial charge in [0, 0.05) is 20.7 Å². The number of benzene rings is 1. The normalized spacial score (nSPS) is 16.1. The molecular weight excluding hydrogens is 270 g/mol. The molecule has 114 valence electrons. The van der Waals surface area contributed by atoms with E-state index >= 15 is 0 Å². The average Bonchev–Trinajstić information content (AvgIpc) is 2.43. The topological polar surface area (TPSA) is 66.8 Å². The fraction of sp³-hybridized carbons (Fsp3) is 0.500. The summed E-state index contributed by atoms with van der Waals surface area (Å²) >= 11 is 0. The molecule has 1 fully saturated rings. The SMILES string of the molecule is COC1(CC(=O)N(C)Cc2ccc(C(=O)O)cc2)CCC1. The zero-order valence-corrected chi connectivity index (χ0v) is 12.5. The van der Waals surface area contributed by atoms with E-state index in [0.717, 1.165) is 24.8 Å². The third-order valence-electron chi connectivity index (χ3n) is 4.22. The zero-order chi connectivity index (χ0) is 15.5. The highest BCUT2D eigenvalue weighted by Crippen LogP contribution is 2.38. The quantitative estimate of drug-likeness (QED) is 0.873. The van der Waals surface area contributed by atoms with Crippen molar-refractivity contribution in [1.82, 2.24) is 4.90 Å². The van der Waals surface area contributed by atoms with Gasteiger partial charge >= 0.3 is 5.97 Å². The standard InChI is InChI=1S/C16H21NO4/c1-17(14(18)10-16(21-2)8-3-9-16)11-12-4-6-13(7-5-12)15(19)20/h4-7H,3,8-11H2,1-2H3,(H,19,20). The minimum Gasteiger partial charge on any atom is -0.478 e. The summed E-state index contributed by atoms with van der Waals surface area (Å²) < 4.78 is 5.47. The highest BCUT2D eigenvalue weighted by atomic mass is 16.5. The van der Waals surface area contributed by atoms with Crippen molar-refractivity contribution in [3.05, 3.63) is 35.4 Å². The summed E-state index contributed by atoms with van der Waals surface area (Å²) in [7, 11) is 3.42. The first-order valence-electron chi connectivity index (χ1n) is 7.07. The Morgan fingerprint density at radius 3 is 2.33 bits per heavy atom. The molecular formula is C16H21NO4. The van der Waals surface area contributed by atoms with Crippen molar-refractivity contribution in [2.75, 3.05) is 14.2 Å². The molecule has 5 heteroatoms. The highest BCUT2D eigenvalue weighted by Gasteiger charge is 2.39. The third kappa shape index (κ3) is 3.61. The van der Waals surface area contributed by atoms with E-state index in [1.165, 1.54) is 0 Å². The maximum atomic E-state index is 12.2. The number of hydrogen-bond donors (Lipinski definition) is 1. The van der Waals surface area contributed by atoms with Crippen LogP contribution in [-0.2, 0) is 16.1 Å². The van der Waals surface area contributed by atoms with Gasteiger partial charge in [0.25, 0.3) is 0 Å². The molecule has 1 aliphatic rings. The Labute approximate surface area is 124 Å². The van der Waals surface area contributed by atoms with Crippen LogP contribution in [0.3, 0.4) is 0 Å².